The molecule has 0 bridgehead atoms. The number of methoxy groups -OCH3 is 1. The normalized spacial score (nSPS) is 16.7. The first-order valence-corrected chi connectivity index (χ1v) is 11.2. The van der Waals surface area contributed by atoms with Gasteiger partial charge in [0.05, 0.1) is 13.5 Å². The van der Waals surface area contributed by atoms with Gasteiger partial charge < -0.3 is 10.1 Å². The minimum absolute atomic E-state index is 0.0229. The zero-order chi connectivity index (χ0) is 22.7. The van der Waals surface area contributed by atoms with E-state index in [2.05, 4.69) is 36.2 Å². The van der Waals surface area contributed by atoms with Crippen LogP contribution in [-0.4, -0.2) is 47.0 Å². The van der Waals surface area contributed by atoms with Crippen molar-refractivity contribution in [3.05, 3.63) is 51.6 Å². The summed E-state index contributed by atoms with van der Waals surface area (Å²) in [6.07, 6.45) is 1.39. The van der Waals surface area contributed by atoms with Crippen LogP contribution in [0.15, 0.2) is 12.1 Å². The van der Waals surface area contributed by atoms with E-state index < -0.39 is 0 Å². The molecule has 168 valence electrons. The van der Waals surface area contributed by atoms with Crippen molar-refractivity contribution in [2.75, 3.05) is 20.2 Å². The number of ether oxygens (including phenoxy) is 1. The topological polar surface area (TPSA) is 67.3 Å². The van der Waals surface area contributed by atoms with Crippen LogP contribution in [0.5, 0.6) is 5.75 Å². The Kier molecular flexibility index (Phi) is 7.31. The molecule has 1 atom stereocenters. The third-order valence-electron chi connectivity index (χ3n) is 6.33. The van der Waals surface area contributed by atoms with Gasteiger partial charge in [0, 0.05) is 42.0 Å². The van der Waals surface area contributed by atoms with Gasteiger partial charge in [0.15, 0.2) is 0 Å². The third kappa shape index (κ3) is 5.42. The molecule has 0 radical (unpaired) electrons. The molecule has 1 aromatic heterocycles. The number of carbonyl (C=O) groups excluding carboxylic acids is 1. The molecule has 0 spiro atoms. The number of aromatic nitrogens is 2. The highest BCUT2D eigenvalue weighted by atomic mass is 16.5. The van der Waals surface area contributed by atoms with E-state index in [1.54, 1.807) is 7.11 Å². The van der Waals surface area contributed by atoms with Crippen LogP contribution >= 0.6 is 0 Å². The summed E-state index contributed by atoms with van der Waals surface area (Å²) >= 11 is 0. The predicted octanol–water partition coefficient (Wildman–Crippen LogP) is 3.78. The van der Waals surface area contributed by atoms with Crippen molar-refractivity contribution < 1.29 is 9.53 Å². The smallest absolute Gasteiger partial charge is 0.224 e. The van der Waals surface area contributed by atoms with Gasteiger partial charge in [0.2, 0.25) is 5.91 Å². The lowest BCUT2D eigenvalue weighted by Crippen LogP contribution is -2.32. The van der Waals surface area contributed by atoms with Crippen molar-refractivity contribution in [3.8, 4) is 5.75 Å². The zero-order valence-corrected chi connectivity index (χ0v) is 20.0. The number of likely N-dealkylation sites (tertiary alicyclic amines) is 1. The minimum atomic E-state index is 0.0229. The van der Waals surface area contributed by atoms with E-state index >= 15 is 0 Å². The Balaban J connectivity index is 1.69. The SMILES string of the molecule is COc1ccc(CN2CCC(c3nc(C)c(CC(=O)NC(C)C)c(C)n3)C2)c(C)c1C. The highest BCUT2D eigenvalue weighted by Gasteiger charge is 2.27. The third-order valence-corrected chi connectivity index (χ3v) is 6.33. The van der Waals surface area contributed by atoms with Crippen LogP contribution in [0.2, 0.25) is 0 Å². The van der Waals surface area contributed by atoms with E-state index in [1.807, 2.05) is 27.7 Å². The van der Waals surface area contributed by atoms with Gasteiger partial charge in [-0.1, -0.05) is 6.07 Å². The molecule has 31 heavy (non-hydrogen) atoms. The predicted molar refractivity (Wildman–Crippen MR) is 124 cm³/mol. The number of hydrogen-bond donors (Lipinski definition) is 1. The first-order chi connectivity index (χ1) is 14.7. The molecular weight excluding hydrogens is 388 g/mol. The van der Waals surface area contributed by atoms with Gasteiger partial charge in [-0.3, -0.25) is 9.69 Å². The largest absolute Gasteiger partial charge is 0.496 e. The molecule has 1 N–H and O–H groups in total. The fraction of sp³-hybridized carbons (Fsp3) is 0.560. The molecule has 0 aliphatic carbocycles. The van der Waals surface area contributed by atoms with Crippen molar-refractivity contribution in [2.24, 2.45) is 0 Å². The van der Waals surface area contributed by atoms with E-state index in [1.165, 1.54) is 16.7 Å². The first-order valence-electron chi connectivity index (χ1n) is 11.2. The van der Waals surface area contributed by atoms with Crippen molar-refractivity contribution in [1.82, 2.24) is 20.2 Å². The molecule has 2 heterocycles. The Morgan fingerprint density at radius 1 is 1.16 bits per heavy atom. The van der Waals surface area contributed by atoms with Gasteiger partial charge >= 0.3 is 0 Å². The lowest BCUT2D eigenvalue weighted by molar-refractivity contribution is -0.120. The minimum Gasteiger partial charge on any atom is -0.496 e. The summed E-state index contributed by atoms with van der Waals surface area (Å²) in [6, 6.07) is 4.38. The van der Waals surface area contributed by atoms with Crippen LogP contribution in [-0.2, 0) is 17.8 Å². The van der Waals surface area contributed by atoms with Gasteiger partial charge in [-0.25, -0.2) is 9.97 Å². The van der Waals surface area contributed by atoms with E-state index in [0.29, 0.717) is 12.3 Å². The van der Waals surface area contributed by atoms with Gasteiger partial charge in [-0.2, -0.15) is 0 Å². The average Bonchev–Trinajstić information content (AvgIpc) is 3.16. The standard InChI is InChI=1S/C25H36N4O2/c1-15(2)26-24(30)12-22-18(5)27-25(28-19(22)6)21-10-11-29(14-21)13-20-8-9-23(31-7)17(4)16(20)3/h8-9,15,21H,10-14H2,1-7H3,(H,26,30). The van der Waals surface area contributed by atoms with Crippen molar-refractivity contribution in [2.45, 2.75) is 72.9 Å². The second-order valence-electron chi connectivity index (χ2n) is 9.03. The van der Waals surface area contributed by atoms with Gasteiger partial charge in [0.1, 0.15) is 11.6 Å². The molecule has 1 aliphatic rings. The maximum Gasteiger partial charge on any atom is 0.224 e. The van der Waals surface area contributed by atoms with E-state index in [-0.39, 0.29) is 11.9 Å². The molecule has 0 saturated carbocycles. The number of nitrogens with zero attached hydrogens (tertiary/aromatic N) is 3. The molecule has 1 amide bonds. The van der Waals surface area contributed by atoms with E-state index in [4.69, 9.17) is 14.7 Å². The lowest BCUT2D eigenvalue weighted by Gasteiger charge is -2.19. The average molecular weight is 425 g/mol. The quantitative estimate of drug-likeness (QED) is 0.733. The number of amides is 1. The molecule has 1 fully saturated rings. The van der Waals surface area contributed by atoms with Gasteiger partial charge in [-0.05, 0) is 77.3 Å². The number of carbonyl (C=O) groups is 1. The van der Waals surface area contributed by atoms with Crippen molar-refractivity contribution in [1.29, 1.82) is 0 Å². The lowest BCUT2D eigenvalue weighted by atomic mass is 10.0. The van der Waals surface area contributed by atoms with E-state index in [0.717, 1.165) is 54.6 Å². The Labute approximate surface area is 186 Å². The first kappa shape index (κ1) is 23.2. The molecule has 1 unspecified atom stereocenters. The summed E-state index contributed by atoms with van der Waals surface area (Å²) in [5, 5.41) is 2.95. The molecule has 3 rings (SSSR count). The monoisotopic (exact) mass is 424 g/mol. The van der Waals surface area contributed by atoms with Crippen LogP contribution in [0, 0.1) is 27.7 Å². The van der Waals surface area contributed by atoms with Crippen molar-refractivity contribution >= 4 is 5.91 Å². The summed E-state index contributed by atoms with van der Waals surface area (Å²) < 4.78 is 5.45. The summed E-state index contributed by atoms with van der Waals surface area (Å²) in [5.74, 6) is 2.21. The number of nitrogens with one attached hydrogen (secondary N) is 1. The number of aryl methyl sites for hydroxylation is 2. The summed E-state index contributed by atoms with van der Waals surface area (Å²) in [7, 11) is 1.72. The van der Waals surface area contributed by atoms with E-state index in [9.17, 15) is 4.79 Å². The van der Waals surface area contributed by atoms with Crippen LogP contribution < -0.4 is 10.1 Å². The molecule has 6 nitrogen and oxygen atoms in total. The van der Waals surface area contributed by atoms with Crippen LogP contribution in [0.1, 0.15) is 65.7 Å². The maximum atomic E-state index is 12.2. The molecule has 1 saturated heterocycles. The zero-order valence-electron chi connectivity index (χ0n) is 20.0. The molecule has 1 aliphatic heterocycles. The maximum absolute atomic E-state index is 12.2. The fourth-order valence-electron chi connectivity index (χ4n) is 4.41. The molecular formula is C25H36N4O2. The fourth-order valence-corrected chi connectivity index (χ4v) is 4.41. The second-order valence-corrected chi connectivity index (χ2v) is 9.03. The Hall–Kier alpha value is -2.47. The Bertz CT molecular complexity index is 932. The van der Waals surface area contributed by atoms with Crippen LogP contribution in [0.25, 0.3) is 0 Å². The van der Waals surface area contributed by atoms with Gasteiger partial charge in [0.25, 0.3) is 0 Å². The van der Waals surface area contributed by atoms with Gasteiger partial charge in [-0.15, -0.1) is 0 Å². The second kappa shape index (κ2) is 9.77. The molecule has 6 heteroatoms. The highest BCUT2D eigenvalue weighted by molar-refractivity contribution is 5.79. The van der Waals surface area contributed by atoms with Crippen LogP contribution in [0.4, 0.5) is 0 Å². The number of rotatable bonds is 7. The van der Waals surface area contributed by atoms with Crippen molar-refractivity contribution in [3.63, 3.8) is 0 Å². The Morgan fingerprint density at radius 2 is 1.84 bits per heavy atom. The highest BCUT2D eigenvalue weighted by Crippen LogP contribution is 2.30. The molecule has 1 aromatic carbocycles. The Morgan fingerprint density at radius 3 is 2.45 bits per heavy atom. The summed E-state index contributed by atoms with van der Waals surface area (Å²) in [4.78, 5) is 24.3. The summed E-state index contributed by atoms with van der Waals surface area (Å²) in [5.41, 5.74) is 6.64. The number of benzene rings is 1. The van der Waals surface area contributed by atoms with Crippen LogP contribution in [0.3, 0.4) is 0 Å². The summed E-state index contributed by atoms with van der Waals surface area (Å²) in [6.45, 7) is 15.1. The molecule has 2 aromatic rings. The number of hydrogen-bond acceptors (Lipinski definition) is 5.